The lowest BCUT2D eigenvalue weighted by Gasteiger charge is -2.03. The third-order valence-corrected chi connectivity index (χ3v) is 4.40. The van der Waals surface area contributed by atoms with Crippen LogP contribution in [0.2, 0.25) is 4.34 Å². The van der Waals surface area contributed by atoms with Gasteiger partial charge in [-0.05, 0) is 24.3 Å². The number of nitro groups is 1. The number of carbonyl (C=O) groups is 1. The molecule has 0 fully saturated rings. The lowest BCUT2D eigenvalue weighted by Crippen LogP contribution is -2.07. The molecule has 0 saturated heterocycles. The second kappa shape index (κ2) is 5.31. The first-order chi connectivity index (χ1) is 10.0. The average molecular weight is 321 g/mol. The Hall–Kier alpha value is -2.18. The molecule has 2 heterocycles. The topological polar surface area (TPSA) is 65.1 Å². The zero-order valence-electron chi connectivity index (χ0n) is 10.7. The van der Waals surface area contributed by atoms with Crippen LogP contribution in [0.5, 0.6) is 0 Å². The second-order valence-electron chi connectivity index (χ2n) is 4.47. The van der Waals surface area contributed by atoms with Gasteiger partial charge in [-0.25, -0.2) is 0 Å². The SMILES string of the molecule is O=C(Cn1ccc2cc([N+](=O)[O-])ccc21)c1ccc(Cl)s1. The fourth-order valence-corrected chi connectivity index (χ4v) is 3.11. The molecule has 0 atom stereocenters. The van der Waals surface area contributed by atoms with Crippen LogP contribution in [0, 0.1) is 10.1 Å². The minimum Gasteiger partial charge on any atom is -0.340 e. The van der Waals surface area contributed by atoms with Crippen LogP contribution >= 0.6 is 22.9 Å². The Bertz CT molecular complexity index is 853. The second-order valence-corrected chi connectivity index (χ2v) is 6.19. The molecule has 0 aliphatic carbocycles. The van der Waals surface area contributed by atoms with Crippen LogP contribution in [0.1, 0.15) is 9.67 Å². The van der Waals surface area contributed by atoms with Crippen molar-refractivity contribution in [2.45, 2.75) is 6.54 Å². The molecule has 3 rings (SSSR count). The minimum atomic E-state index is -0.435. The summed E-state index contributed by atoms with van der Waals surface area (Å²) < 4.78 is 2.35. The summed E-state index contributed by atoms with van der Waals surface area (Å²) in [6, 6.07) is 9.74. The van der Waals surface area contributed by atoms with Crippen molar-refractivity contribution < 1.29 is 9.72 Å². The highest BCUT2D eigenvalue weighted by atomic mass is 35.5. The summed E-state index contributed by atoms with van der Waals surface area (Å²) in [5.74, 6) is -0.0391. The van der Waals surface area contributed by atoms with Crippen LogP contribution in [0.15, 0.2) is 42.6 Å². The van der Waals surface area contributed by atoms with E-state index in [1.807, 2.05) is 0 Å². The number of rotatable bonds is 4. The van der Waals surface area contributed by atoms with Gasteiger partial charge in [0.05, 0.1) is 20.7 Å². The summed E-state index contributed by atoms with van der Waals surface area (Å²) in [5.41, 5.74) is 0.827. The lowest BCUT2D eigenvalue weighted by molar-refractivity contribution is -0.384. The number of nitro benzene ring substituents is 1. The molecular formula is C14H9ClN2O3S. The molecule has 1 aromatic carbocycles. The Balaban J connectivity index is 1.91. The number of non-ortho nitro benzene ring substituents is 1. The van der Waals surface area contributed by atoms with Crippen LogP contribution in [0.3, 0.4) is 0 Å². The molecule has 0 bridgehead atoms. The number of benzene rings is 1. The summed E-state index contributed by atoms with van der Waals surface area (Å²) in [4.78, 5) is 23.1. The van der Waals surface area contributed by atoms with Gasteiger partial charge in [0.2, 0.25) is 0 Å². The van der Waals surface area contributed by atoms with Crippen molar-refractivity contribution in [3.8, 4) is 0 Å². The first-order valence-electron chi connectivity index (χ1n) is 6.06. The molecule has 0 N–H and O–H groups in total. The van der Waals surface area contributed by atoms with Crippen molar-refractivity contribution in [1.82, 2.24) is 4.57 Å². The van der Waals surface area contributed by atoms with Gasteiger partial charge in [0.15, 0.2) is 5.78 Å². The molecule has 0 aliphatic rings. The average Bonchev–Trinajstić information content (AvgIpc) is 3.05. The van der Waals surface area contributed by atoms with Crippen molar-refractivity contribution in [2.75, 3.05) is 0 Å². The predicted octanol–water partition coefficient (Wildman–Crippen LogP) is 4.15. The minimum absolute atomic E-state index is 0.0385. The third-order valence-electron chi connectivity index (χ3n) is 3.13. The number of halogens is 1. The molecule has 0 radical (unpaired) electrons. The Morgan fingerprint density at radius 1 is 1.29 bits per heavy atom. The maximum absolute atomic E-state index is 12.2. The van der Waals surface area contributed by atoms with Crippen molar-refractivity contribution in [3.63, 3.8) is 0 Å². The van der Waals surface area contributed by atoms with Gasteiger partial charge >= 0.3 is 0 Å². The lowest BCUT2D eigenvalue weighted by atomic mass is 10.2. The van der Waals surface area contributed by atoms with E-state index in [0.29, 0.717) is 9.21 Å². The van der Waals surface area contributed by atoms with Crippen molar-refractivity contribution in [3.05, 3.63) is 61.9 Å². The summed E-state index contributed by atoms with van der Waals surface area (Å²) in [6.07, 6.45) is 1.75. The fourth-order valence-electron chi connectivity index (χ4n) is 2.14. The van der Waals surface area contributed by atoms with E-state index < -0.39 is 4.92 Å². The Morgan fingerprint density at radius 3 is 2.76 bits per heavy atom. The highest BCUT2D eigenvalue weighted by Crippen LogP contribution is 2.24. The van der Waals surface area contributed by atoms with E-state index >= 15 is 0 Å². The van der Waals surface area contributed by atoms with Gasteiger partial charge in [-0.3, -0.25) is 14.9 Å². The maximum Gasteiger partial charge on any atom is 0.270 e. The van der Waals surface area contributed by atoms with E-state index in [1.165, 1.54) is 23.5 Å². The van der Waals surface area contributed by atoms with Gasteiger partial charge in [0.25, 0.3) is 5.69 Å². The molecule has 21 heavy (non-hydrogen) atoms. The monoisotopic (exact) mass is 320 g/mol. The fraction of sp³-hybridized carbons (Fsp3) is 0.0714. The van der Waals surface area contributed by atoms with E-state index in [1.54, 1.807) is 35.0 Å². The molecule has 3 aromatic rings. The van der Waals surface area contributed by atoms with Crippen LogP contribution < -0.4 is 0 Å². The number of carbonyl (C=O) groups excluding carboxylic acids is 1. The van der Waals surface area contributed by atoms with Gasteiger partial charge in [-0.15, -0.1) is 11.3 Å². The van der Waals surface area contributed by atoms with Crippen molar-refractivity contribution in [2.24, 2.45) is 0 Å². The number of Topliss-reactive ketones (excluding diaryl/α,β-unsaturated/α-hetero) is 1. The van der Waals surface area contributed by atoms with E-state index in [0.717, 1.165) is 10.9 Å². The molecule has 0 saturated carbocycles. The Kier molecular flexibility index (Phi) is 3.48. The highest BCUT2D eigenvalue weighted by molar-refractivity contribution is 7.18. The first-order valence-corrected chi connectivity index (χ1v) is 7.26. The van der Waals surface area contributed by atoms with Gasteiger partial charge in [0.1, 0.15) is 0 Å². The number of hydrogen-bond acceptors (Lipinski definition) is 4. The van der Waals surface area contributed by atoms with Gasteiger partial charge < -0.3 is 4.57 Å². The number of aromatic nitrogens is 1. The number of thiophene rings is 1. The van der Waals surface area contributed by atoms with Crippen LogP contribution in [-0.4, -0.2) is 15.3 Å². The zero-order valence-corrected chi connectivity index (χ0v) is 12.2. The molecule has 7 heteroatoms. The molecular weight excluding hydrogens is 312 g/mol. The highest BCUT2D eigenvalue weighted by Gasteiger charge is 2.13. The molecule has 0 unspecified atom stereocenters. The zero-order chi connectivity index (χ0) is 15.0. The summed E-state index contributed by atoms with van der Waals surface area (Å²) in [6.45, 7) is 0.179. The van der Waals surface area contributed by atoms with E-state index in [-0.39, 0.29) is 18.0 Å². The number of fused-ring (bicyclic) bond motifs is 1. The maximum atomic E-state index is 12.2. The van der Waals surface area contributed by atoms with E-state index in [2.05, 4.69) is 0 Å². The molecule has 0 spiro atoms. The summed E-state index contributed by atoms with van der Waals surface area (Å²) >= 11 is 7.07. The van der Waals surface area contributed by atoms with Gasteiger partial charge in [0, 0.05) is 29.2 Å². The van der Waals surface area contributed by atoms with Crippen LogP contribution in [-0.2, 0) is 6.54 Å². The standard InChI is InChI=1S/C14H9ClN2O3S/c15-14-4-3-13(21-14)12(18)8-16-6-5-9-7-10(17(19)20)1-2-11(9)16/h1-7H,8H2. The smallest absolute Gasteiger partial charge is 0.270 e. The number of ketones is 1. The number of hydrogen-bond donors (Lipinski definition) is 0. The van der Waals surface area contributed by atoms with E-state index in [9.17, 15) is 14.9 Å². The summed E-state index contributed by atoms with van der Waals surface area (Å²) in [5, 5.41) is 11.5. The van der Waals surface area contributed by atoms with Gasteiger partial charge in [-0.2, -0.15) is 0 Å². The summed E-state index contributed by atoms with van der Waals surface area (Å²) in [7, 11) is 0. The molecule has 5 nitrogen and oxygen atoms in total. The van der Waals surface area contributed by atoms with Gasteiger partial charge in [-0.1, -0.05) is 11.6 Å². The number of nitrogens with zero attached hydrogens (tertiary/aromatic N) is 2. The third kappa shape index (κ3) is 2.68. The van der Waals surface area contributed by atoms with Crippen LogP contribution in [0.25, 0.3) is 10.9 Å². The molecule has 106 valence electrons. The first kappa shape index (κ1) is 13.8. The predicted molar refractivity (Wildman–Crippen MR) is 82.3 cm³/mol. The van der Waals surface area contributed by atoms with Crippen LogP contribution in [0.4, 0.5) is 5.69 Å². The van der Waals surface area contributed by atoms with Crippen molar-refractivity contribution in [1.29, 1.82) is 0 Å². The molecule has 2 aromatic heterocycles. The Morgan fingerprint density at radius 2 is 2.10 bits per heavy atom. The quantitative estimate of drug-likeness (QED) is 0.412. The van der Waals surface area contributed by atoms with E-state index in [4.69, 9.17) is 11.6 Å². The molecule has 0 aliphatic heterocycles. The largest absolute Gasteiger partial charge is 0.340 e. The normalized spacial score (nSPS) is 10.9. The van der Waals surface area contributed by atoms with Crippen molar-refractivity contribution >= 4 is 45.3 Å². The molecule has 0 amide bonds. The Labute approximate surface area is 128 Å².